The molecule has 0 bridgehead atoms. The number of alkyl halides is 3. The van der Waals surface area contributed by atoms with Crippen molar-refractivity contribution in [3.8, 4) is 5.75 Å². The fraction of sp³-hybridized carbons (Fsp3) is 0.500. The highest BCUT2D eigenvalue weighted by Gasteiger charge is 2.31. The summed E-state index contributed by atoms with van der Waals surface area (Å²) in [6.07, 6.45) is -3.39. The Balaban J connectivity index is 1.82. The van der Waals surface area contributed by atoms with E-state index in [-0.39, 0.29) is 18.1 Å². The summed E-state index contributed by atoms with van der Waals surface area (Å²) in [5.74, 6) is -0.344. The fourth-order valence-electron chi connectivity index (χ4n) is 2.65. The van der Waals surface area contributed by atoms with Gasteiger partial charge in [-0.25, -0.2) is 4.79 Å². The Kier molecular flexibility index (Phi) is 6.11. The molecule has 9 heteroatoms. The summed E-state index contributed by atoms with van der Waals surface area (Å²) in [5.41, 5.74) is 5.99. The standard InChI is InChI=1S/C16H20F3N3O3/c17-16(18,19)25-13-5-2-12(3-6-13)4-7-14(23)21-8-1-9-22(11-10-21)15(20)24/h2-3,5-6H,1,4,7-11H2,(H2,20,24). The number of ether oxygens (including phenoxy) is 1. The van der Waals surface area contributed by atoms with Crippen LogP contribution in [-0.2, 0) is 11.2 Å². The summed E-state index contributed by atoms with van der Waals surface area (Å²) in [6, 6.07) is 4.97. The third kappa shape index (κ3) is 6.17. The van der Waals surface area contributed by atoms with E-state index < -0.39 is 12.4 Å². The van der Waals surface area contributed by atoms with Gasteiger partial charge in [0.25, 0.3) is 0 Å². The van der Waals surface area contributed by atoms with E-state index in [0.29, 0.717) is 39.0 Å². The first-order valence-corrected chi connectivity index (χ1v) is 7.91. The lowest BCUT2D eigenvalue weighted by atomic mass is 10.1. The molecule has 1 aromatic carbocycles. The number of rotatable bonds is 4. The van der Waals surface area contributed by atoms with Gasteiger partial charge in [0.1, 0.15) is 5.75 Å². The minimum atomic E-state index is -4.72. The van der Waals surface area contributed by atoms with Crippen molar-refractivity contribution in [3.63, 3.8) is 0 Å². The van der Waals surface area contributed by atoms with Crippen molar-refractivity contribution in [2.24, 2.45) is 5.73 Å². The van der Waals surface area contributed by atoms with Gasteiger partial charge in [0.05, 0.1) is 0 Å². The number of amides is 3. The summed E-state index contributed by atoms with van der Waals surface area (Å²) in [6.45, 7) is 1.92. The second-order valence-corrected chi connectivity index (χ2v) is 5.75. The lowest BCUT2D eigenvalue weighted by Gasteiger charge is -2.21. The van der Waals surface area contributed by atoms with Crippen molar-refractivity contribution in [3.05, 3.63) is 29.8 Å². The molecular formula is C16H20F3N3O3. The van der Waals surface area contributed by atoms with E-state index in [1.54, 1.807) is 4.90 Å². The Morgan fingerprint density at radius 1 is 1.04 bits per heavy atom. The van der Waals surface area contributed by atoms with E-state index in [1.165, 1.54) is 29.2 Å². The molecule has 0 spiro atoms. The molecule has 0 atom stereocenters. The van der Waals surface area contributed by atoms with Crippen molar-refractivity contribution in [1.82, 2.24) is 9.80 Å². The van der Waals surface area contributed by atoms with Crippen LogP contribution in [0.25, 0.3) is 0 Å². The first-order chi connectivity index (χ1) is 11.7. The Hall–Kier alpha value is -2.45. The molecule has 6 nitrogen and oxygen atoms in total. The van der Waals surface area contributed by atoms with Gasteiger partial charge in [-0.3, -0.25) is 4.79 Å². The van der Waals surface area contributed by atoms with Crippen LogP contribution in [0.5, 0.6) is 5.75 Å². The number of carbonyl (C=O) groups is 2. The SMILES string of the molecule is NC(=O)N1CCCN(C(=O)CCc2ccc(OC(F)(F)F)cc2)CC1. The molecule has 1 aromatic rings. The van der Waals surface area contributed by atoms with Gasteiger partial charge in [-0.2, -0.15) is 0 Å². The van der Waals surface area contributed by atoms with Crippen LogP contribution in [0, 0.1) is 0 Å². The van der Waals surface area contributed by atoms with Gasteiger partial charge in [0.15, 0.2) is 0 Å². The number of nitrogens with two attached hydrogens (primary N) is 1. The second-order valence-electron chi connectivity index (χ2n) is 5.75. The highest BCUT2D eigenvalue weighted by atomic mass is 19.4. The molecule has 1 fully saturated rings. The van der Waals surface area contributed by atoms with Gasteiger partial charge in [-0.05, 0) is 30.5 Å². The predicted molar refractivity (Wildman–Crippen MR) is 83.8 cm³/mol. The quantitative estimate of drug-likeness (QED) is 0.895. The minimum absolute atomic E-state index is 0.0538. The van der Waals surface area contributed by atoms with E-state index >= 15 is 0 Å². The molecule has 0 unspecified atom stereocenters. The molecule has 25 heavy (non-hydrogen) atoms. The van der Waals surface area contributed by atoms with Gasteiger partial charge in [0, 0.05) is 32.6 Å². The summed E-state index contributed by atoms with van der Waals surface area (Å²) >= 11 is 0. The number of carbonyl (C=O) groups excluding carboxylic acids is 2. The number of primary amides is 1. The van der Waals surface area contributed by atoms with Gasteiger partial charge >= 0.3 is 12.4 Å². The molecule has 138 valence electrons. The van der Waals surface area contributed by atoms with Gasteiger partial charge in [-0.15, -0.1) is 13.2 Å². The highest BCUT2D eigenvalue weighted by molar-refractivity contribution is 5.77. The van der Waals surface area contributed by atoms with Crippen LogP contribution in [0.2, 0.25) is 0 Å². The monoisotopic (exact) mass is 359 g/mol. The zero-order chi connectivity index (χ0) is 18.4. The summed E-state index contributed by atoms with van der Waals surface area (Å²) in [4.78, 5) is 26.6. The lowest BCUT2D eigenvalue weighted by Crippen LogP contribution is -2.39. The van der Waals surface area contributed by atoms with Gasteiger partial charge in [0.2, 0.25) is 5.91 Å². The average molecular weight is 359 g/mol. The van der Waals surface area contributed by atoms with Crippen molar-refractivity contribution in [2.45, 2.75) is 25.6 Å². The average Bonchev–Trinajstić information content (AvgIpc) is 2.78. The van der Waals surface area contributed by atoms with Crippen LogP contribution < -0.4 is 10.5 Å². The Bertz CT molecular complexity index is 605. The minimum Gasteiger partial charge on any atom is -0.406 e. The normalized spacial score (nSPS) is 15.6. The third-order valence-electron chi connectivity index (χ3n) is 3.94. The highest BCUT2D eigenvalue weighted by Crippen LogP contribution is 2.23. The molecule has 2 rings (SSSR count). The summed E-state index contributed by atoms with van der Waals surface area (Å²) in [7, 11) is 0. The van der Waals surface area contributed by atoms with Gasteiger partial charge < -0.3 is 20.3 Å². The lowest BCUT2D eigenvalue weighted by molar-refractivity contribution is -0.274. The molecular weight excluding hydrogens is 339 g/mol. The zero-order valence-electron chi connectivity index (χ0n) is 13.6. The molecule has 3 amide bonds. The number of halogens is 3. The number of aryl methyl sites for hydroxylation is 1. The fourth-order valence-corrected chi connectivity index (χ4v) is 2.65. The number of hydrogen-bond acceptors (Lipinski definition) is 3. The number of hydrogen-bond donors (Lipinski definition) is 1. The molecule has 1 heterocycles. The molecule has 0 aromatic heterocycles. The Morgan fingerprint density at radius 3 is 2.24 bits per heavy atom. The maximum absolute atomic E-state index is 12.3. The van der Waals surface area contributed by atoms with Crippen LogP contribution in [0.15, 0.2) is 24.3 Å². The largest absolute Gasteiger partial charge is 0.573 e. The van der Waals surface area contributed by atoms with E-state index in [0.717, 1.165) is 5.56 Å². The smallest absolute Gasteiger partial charge is 0.406 e. The molecule has 0 aliphatic carbocycles. The number of benzene rings is 1. The van der Waals surface area contributed by atoms with Crippen LogP contribution in [0.1, 0.15) is 18.4 Å². The van der Waals surface area contributed by atoms with E-state index in [1.807, 2.05) is 0 Å². The number of urea groups is 1. The predicted octanol–water partition coefficient (Wildman–Crippen LogP) is 2.13. The van der Waals surface area contributed by atoms with Crippen molar-refractivity contribution in [1.29, 1.82) is 0 Å². The van der Waals surface area contributed by atoms with Crippen molar-refractivity contribution < 1.29 is 27.5 Å². The van der Waals surface area contributed by atoms with Crippen LogP contribution >= 0.6 is 0 Å². The van der Waals surface area contributed by atoms with Crippen LogP contribution in [0.3, 0.4) is 0 Å². The Morgan fingerprint density at radius 2 is 1.64 bits per heavy atom. The summed E-state index contributed by atoms with van der Waals surface area (Å²) < 4.78 is 40.1. The second kappa shape index (κ2) is 8.09. The molecule has 0 radical (unpaired) electrons. The molecule has 1 aliphatic rings. The van der Waals surface area contributed by atoms with Gasteiger partial charge in [-0.1, -0.05) is 12.1 Å². The van der Waals surface area contributed by atoms with E-state index in [9.17, 15) is 22.8 Å². The van der Waals surface area contributed by atoms with Crippen molar-refractivity contribution in [2.75, 3.05) is 26.2 Å². The van der Waals surface area contributed by atoms with Crippen LogP contribution in [0.4, 0.5) is 18.0 Å². The van der Waals surface area contributed by atoms with Crippen molar-refractivity contribution >= 4 is 11.9 Å². The summed E-state index contributed by atoms with van der Waals surface area (Å²) in [5, 5.41) is 0. The topological polar surface area (TPSA) is 75.9 Å². The molecule has 2 N–H and O–H groups in total. The first kappa shape index (κ1) is 18.9. The third-order valence-corrected chi connectivity index (χ3v) is 3.94. The maximum Gasteiger partial charge on any atom is 0.573 e. The maximum atomic E-state index is 12.3. The first-order valence-electron chi connectivity index (χ1n) is 7.91. The van der Waals surface area contributed by atoms with E-state index in [4.69, 9.17) is 5.73 Å². The van der Waals surface area contributed by atoms with Crippen LogP contribution in [-0.4, -0.2) is 54.3 Å². The van der Waals surface area contributed by atoms with E-state index in [2.05, 4.69) is 4.74 Å². The number of nitrogens with zero attached hydrogens (tertiary/aromatic N) is 2. The zero-order valence-corrected chi connectivity index (χ0v) is 13.6. The molecule has 1 aliphatic heterocycles. The molecule has 0 saturated carbocycles. The Labute approximate surface area is 143 Å². The molecule has 1 saturated heterocycles.